The lowest BCUT2D eigenvalue weighted by Gasteiger charge is -2.06. The quantitative estimate of drug-likeness (QED) is 0.760. The highest BCUT2D eigenvalue weighted by atomic mass is 19.1. The molecule has 0 aliphatic carbocycles. The Labute approximate surface area is 94.5 Å². The van der Waals surface area contributed by atoms with Gasteiger partial charge in [-0.3, -0.25) is 0 Å². The lowest BCUT2D eigenvalue weighted by molar-refractivity contribution is 0.320. The third-order valence-electron chi connectivity index (χ3n) is 2.34. The van der Waals surface area contributed by atoms with E-state index in [0.29, 0.717) is 18.6 Å². The summed E-state index contributed by atoms with van der Waals surface area (Å²) in [4.78, 5) is 0. The number of halogens is 1. The summed E-state index contributed by atoms with van der Waals surface area (Å²) in [7, 11) is 0. The summed E-state index contributed by atoms with van der Waals surface area (Å²) < 4.78 is 18.8. The molecule has 2 rings (SSSR count). The molecule has 0 unspecified atom stereocenters. The fourth-order valence-electron chi connectivity index (χ4n) is 1.50. The minimum absolute atomic E-state index is 0.167. The summed E-state index contributed by atoms with van der Waals surface area (Å²) >= 11 is 0. The average Bonchev–Trinajstić information content (AvgIpc) is 2.33. The molecular formula is C14H13FO. The molecular weight excluding hydrogens is 203 g/mol. The minimum atomic E-state index is -0.167. The van der Waals surface area contributed by atoms with Gasteiger partial charge in [0.1, 0.15) is 11.6 Å². The van der Waals surface area contributed by atoms with Crippen molar-refractivity contribution in [1.82, 2.24) is 0 Å². The van der Waals surface area contributed by atoms with Crippen molar-refractivity contribution in [3.8, 4) is 5.75 Å². The van der Waals surface area contributed by atoms with Crippen molar-refractivity contribution < 1.29 is 9.13 Å². The second-order valence-corrected chi connectivity index (χ2v) is 3.50. The molecule has 0 atom stereocenters. The van der Waals surface area contributed by atoms with Gasteiger partial charge in [-0.25, -0.2) is 4.39 Å². The first-order valence-corrected chi connectivity index (χ1v) is 5.27. The van der Waals surface area contributed by atoms with Crippen molar-refractivity contribution in [3.63, 3.8) is 0 Å². The Bertz CT molecular complexity index is 439. The van der Waals surface area contributed by atoms with E-state index in [1.54, 1.807) is 12.1 Å². The molecule has 0 N–H and O–H groups in total. The molecule has 82 valence electrons. The second kappa shape index (κ2) is 5.31. The van der Waals surface area contributed by atoms with Crippen LogP contribution < -0.4 is 4.74 Å². The van der Waals surface area contributed by atoms with E-state index < -0.39 is 0 Å². The zero-order chi connectivity index (χ0) is 11.2. The summed E-state index contributed by atoms with van der Waals surface area (Å²) in [5, 5.41) is 0. The Morgan fingerprint density at radius 3 is 2.31 bits per heavy atom. The van der Waals surface area contributed by atoms with Gasteiger partial charge in [0, 0.05) is 6.42 Å². The lowest BCUT2D eigenvalue weighted by atomic mass is 10.1. The maximum absolute atomic E-state index is 13.3. The van der Waals surface area contributed by atoms with Crippen molar-refractivity contribution in [2.75, 3.05) is 6.61 Å². The summed E-state index contributed by atoms with van der Waals surface area (Å²) in [6.07, 6.45) is 0.585. The summed E-state index contributed by atoms with van der Waals surface area (Å²) in [6.45, 7) is 0.491. The van der Waals surface area contributed by atoms with E-state index in [4.69, 9.17) is 4.74 Å². The van der Waals surface area contributed by atoms with Crippen molar-refractivity contribution in [1.29, 1.82) is 0 Å². The highest BCUT2D eigenvalue weighted by molar-refractivity contribution is 5.21. The molecule has 0 amide bonds. The number of rotatable bonds is 4. The molecule has 2 aromatic carbocycles. The van der Waals surface area contributed by atoms with Gasteiger partial charge in [-0.2, -0.15) is 0 Å². The molecule has 0 aliphatic heterocycles. The van der Waals surface area contributed by atoms with Gasteiger partial charge in [-0.05, 0) is 23.8 Å². The molecule has 0 aliphatic rings. The third kappa shape index (κ3) is 2.83. The van der Waals surface area contributed by atoms with Gasteiger partial charge in [0.05, 0.1) is 6.61 Å². The highest BCUT2D eigenvalue weighted by Crippen LogP contribution is 2.11. The third-order valence-corrected chi connectivity index (χ3v) is 2.34. The Morgan fingerprint density at radius 1 is 0.875 bits per heavy atom. The minimum Gasteiger partial charge on any atom is -0.493 e. The van der Waals surface area contributed by atoms with E-state index in [0.717, 1.165) is 5.75 Å². The molecule has 2 aromatic rings. The smallest absolute Gasteiger partial charge is 0.126 e. The summed E-state index contributed by atoms with van der Waals surface area (Å²) in [5.41, 5.74) is 0.693. The maximum atomic E-state index is 13.3. The predicted molar refractivity (Wildman–Crippen MR) is 62.0 cm³/mol. The van der Waals surface area contributed by atoms with E-state index in [-0.39, 0.29) is 5.82 Å². The van der Waals surface area contributed by atoms with Crippen LogP contribution in [0, 0.1) is 5.82 Å². The van der Waals surface area contributed by atoms with Crippen LogP contribution in [0.25, 0.3) is 0 Å². The fourth-order valence-corrected chi connectivity index (χ4v) is 1.50. The van der Waals surface area contributed by atoms with E-state index in [2.05, 4.69) is 0 Å². The molecule has 0 radical (unpaired) electrons. The molecule has 0 saturated heterocycles. The second-order valence-electron chi connectivity index (χ2n) is 3.50. The van der Waals surface area contributed by atoms with E-state index in [9.17, 15) is 4.39 Å². The van der Waals surface area contributed by atoms with Crippen LogP contribution in [0.1, 0.15) is 5.56 Å². The van der Waals surface area contributed by atoms with Crippen LogP contribution in [0.3, 0.4) is 0 Å². The molecule has 0 heterocycles. The molecule has 0 saturated carbocycles. The SMILES string of the molecule is Fc1ccccc1CCOc1ccccc1. The maximum Gasteiger partial charge on any atom is 0.126 e. The molecule has 0 aromatic heterocycles. The van der Waals surface area contributed by atoms with Crippen molar-refractivity contribution in [2.45, 2.75) is 6.42 Å². The van der Waals surface area contributed by atoms with Crippen molar-refractivity contribution in [3.05, 3.63) is 66.0 Å². The topological polar surface area (TPSA) is 9.23 Å². The number of benzene rings is 2. The first-order chi connectivity index (χ1) is 7.86. The predicted octanol–water partition coefficient (Wildman–Crippen LogP) is 3.45. The van der Waals surface area contributed by atoms with Crippen LogP contribution in [-0.4, -0.2) is 6.61 Å². The Morgan fingerprint density at radius 2 is 1.56 bits per heavy atom. The molecule has 0 spiro atoms. The number of hydrogen-bond acceptors (Lipinski definition) is 1. The zero-order valence-corrected chi connectivity index (χ0v) is 8.90. The summed E-state index contributed by atoms with van der Waals surface area (Å²) in [6, 6.07) is 16.3. The number of hydrogen-bond donors (Lipinski definition) is 0. The van der Waals surface area contributed by atoms with E-state index in [1.165, 1.54) is 6.07 Å². The van der Waals surface area contributed by atoms with Crippen LogP contribution in [0.5, 0.6) is 5.75 Å². The molecule has 0 fully saturated rings. The molecule has 16 heavy (non-hydrogen) atoms. The Kier molecular flexibility index (Phi) is 3.54. The van der Waals surface area contributed by atoms with Crippen molar-refractivity contribution in [2.24, 2.45) is 0 Å². The standard InChI is InChI=1S/C14H13FO/c15-14-9-5-4-6-12(14)10-11-16-13-7-2-1-3-8-13/h1-9H,10-11H2. The van der Waals surface area contributed by atoms with Gasteiger partial charge >= 0.3 is 0 Å². The van der Waals surface area contributed by atoms with Gasteiger partial charge in [0.25, 0.3) is 0 Å². The molecule has 1 nitrogen and oxygen atoms in total. The Balaban J connectivity index is 1.87. The van der Waals surface area contributed by atoms with Crippen LogP contribution in [-0.2, 0) is 6.42 Å². The van der Waals surface area contributed by atoms with E-state index in [1.807, 2.05) is 36.4 Å². The average molecular weight is 216 g/mol. The molecule has 2 heteroatoms. The molecule has 0 bridgehead atoms. The van der Waals surface area contributed by atoms with Crippen LogP contribution in [0.15, 0.2) is 54.6 Å². The first kappa shape index (κ1) is 10.7. The van der Waals surface area contributed by atoms with E-state index >= 15 is 0 Å². The van der Waals surface area contributed by atoms with Gasteiger partial charge < -0.3 is 4.74 Å². The number of para-hydroxylation sites is 1. The summed E-state index contributed by atoms with van der Waals surface area (Å²) in [5.74, 6) is 0.651. The highest BCUT2D eigenvalue weighted by Gasteiger charge is 2.00. The van der Waals surface area contributed by atoms with Gasteiger partial charge in [-0.15, -0.1) is 0 Å². The monoisotopic (exact) mass is 216 g/mol. The normalized spacial score (nSPS) is 10.1. The van der Waals surface area contributed by atoms with Gasteiger partial charge in [0.15, 0.2) is 0 Å². The van der Waals surface area contributed by atoms with Crippen molar-refractivity contribution >= 4 is 0 Å². The van der Waals surface area contributed by atoms with Gasteiger partial charge in [0.2, 0.25) is 0 Å². The fraction of sp³-hybridized carbons (Fsp3) is 0.143. The van der Waals surface area contributed by atoms with Crippen LogP contribution in [0.4, 0.5) is 4.39 Å². The largest absolute Gasteiger partial charge is 0.493 e. The van der Waals surface area contributed by atoms with Gasteiger partial charge in [-0.1, -0.05) is 36.4 Å². The van der Waals surface area contributed by atoms with Crippen LogP contribution in [0.2, 0.25) is 0 Å². The lowest BCUT2D eigenvalue weighted by Crippen LogP contribution is -2.02. The number of ether oxygens (including phenoxy) is 1. The zero-order valence-electron chi connectivity index (χ0n) is 8.90. The Hall–Kier alpha value is -1.83. The van der Waals surface area contributed by atoms with Crippen LogP contribution >= 0.6 is 0 Å². The first-order valence-electron chi connectivity index (χ1n) is 5.27.